The first-order valence-electron chi connectivity index (χ1n) is 16.6. The molecule has 1 aromatic rings. The van der Waals surface area contributed by atoms with Crippen LogP contribution in [0.4, 0.5) is 5.69 Å². The number of aliphatic hydroxyl groups excluding tert-OH is 8. The highest BCUT2D eigenvalue weighted by molar-refractivity contribution is 5.99. The molecule has 12 atom stereocenters. The van der Waals surface area contributed by atoms with Crippen LogP contribution in [0.25, 0.3) is 0 Å². The van der Waals surface area contributed by atoms with E-state index in [9.17, 15) is 69.6 Å². The molecule has 1 aliphatic rings. The smallest absolute Gasteiger partial charge is 0.302 e. The summed E-state index contributed by atoms with van der Waals surface area (Å²) in [6.45, 7) is 1.90. The number of carbonyl (C=O) groups is 6. The van der Waals surface area contributed by atoms with Gasteiger partial charge in [0.2, 0.25) is 17.7 Å². The van der Waals surface area contributed by atoms with Crippen LogP contribution < -0.4 is 16.4 Å². The monoisotopic (exact) mass is 759 g/mol. The van der Waals surface area contributed by atoms with E-state index in [1.54, 1.807) is 12.1 Å². The van der Waals surface area contributed by atoms with Crippen LogP contribution >= 0.6 is 0 Å². The molecule has 0 radical (unpaired) electrons. The van der Waals surface area contributed by atoms with Crippen molar-refractivity contribution in [2.45, 2.75) is 108 Å². The maximum atomic E-state index is 13.0. The minimum absolute atomic E-state index is 0.0139. The van der Waals surface area contributed by atoms with Gasteiger partial charge < -0.3 is 71.4 Å². The normalized spacial score (nSPS) is 24.0. The number of amides is 3. The molecular formula is C33H49N3O17. The first kappa shape index (κ1) is 45.2. The predicted molar refractivity (Wildman–Crippen MR) is 178 cm³/mol. The van der Waals surface area contributed by atoms with Crippen molar-refractivity contribution in [3.05, 3.63) is 29.8 Å². The van der Waals surface area contributed by atoms with Crippen LogP contribution in [0.2, 0.25) is 0 Å². The van der Waals surface area contributed by atoms with Gasteiger partial charge in [-0.2, -0.15) is 0 Å². The third-order valence-electron chi connectivity index (χ3n) is 8.42. The Morgan fingerprint density at radius 3 is 2.04 bits per heavy atom. The number of esters is 1. The topological polar surface area (TPSA) is 342 Å². The predicted octanol–water partition coefficient (Wildman–Crippen LogP) is -4.50. The lowest BCUT2D eigenvalue weighted by atomic mass is 9.93. The van der Waals surface area contributed by atoms with E-state index in [0.717, 1.165) is 0 Å². The summed E-state index contributed by atoms with van der Waals surface area (Å²) in [6.07, 6.45) is -19.5. The Labute approximate surface area is 303 Å². The fourth-order valence-corrected chi connectivity index (χ4v) is 5.19. The lowest BCUT2D eigenvalue weighted by molar-refractivity contribution is -0.326. The van der Waals surface area contributed by atoms with E-state index in [0.29, 0.717) is 11.3 Å². The van der Waals surface area contributed by atoms with Gasteiger partial charge in [0, 0.05) is 37.8 Å². The van der Waals surface area contributed by atoms with Crippen molar-refractivity contribution in [1.29, 1.82) is 0 Å². The van der Waals surface area contributed by atoms with Crippen molar-refractivity contribution >= 4 is 40.9 Å². The molecule has 1 aromatic carbocycles. The molecule has 0 aliphatic carbocycles. The summed E-state index contributed by atoms with van der Waals surface area (Å²) in [5.41, 5.74) is 6.24. The molecule has 53 heavy (non-hydrogen) atoms. The van der Waals surface area contributed by atoms with Gasteiger partial charge in [0.05, 0.1) is 25.2 Å². The number of Topliss-reactive ketones (excluding diaryl/α,β-unsaturated/α-hetero) is 2. The van der Waals surface area contributed by atoms with Crippen LogP contribution in [-0.4, -0.2) is 150 Å². The van der Waals surface area contributed by atoms with E-state index < -0.39 is 141 Å². The molecule has 2 rings (SSSR count). The number of hydrogen-bond acceptors (Lipinski definition) is 17. The quantitative estimate of drug-likeness (QED) is 0.0526. The molecule has 298 valence electrons. The van der Waals surface area contributed by atoms with Gasteiger partial charge in [0.1, 0.15) is 55.4 Å². The van der Waals surface area contributed by atoms with E-state index in [2.05, 4.69) is 10.6 Å². The molecular weight excluding hydrogens is 710 g/mol. The SMILES string of the molecule is CC(=O)OCc1ccc(NC(=O)C(CC(N)=O)CC(=O)C(C)NC(=O)C(C)CC(=O)[C@H](O)[C@H](O)[C@@H](O[C@@H]2O[C@H](CO)[C@H](O)[C@H](O)[C@H]2O)[C@H](O)CO)cc1. The maximum Gasteiger partial charge on any atom is 0.302 e. The van der Waals surface area contributed by atoms with Crippen molar-refractivity contribution in [1.82, 2.24) is 5.32 Å². The molecule has 3 unspecified atom stereocenters. The van der Waals surface area contributed by atoms with Crippen molar-refractivity contribution < 1.29 is 83.8 Å². The van der Waals surface area contributed by atoms with E-state index >= 15 is 0 Å². The lowest BCUT2D eigenvalue weighted by Crippen LogP contribution is -2.61. The van der Waals surface area contributed by atoms with Crippen LogP contribution in [0.15, 0.2) is 24.3 Å². The standard InChI is InChI=1S/C33H49N3O17/c1-14(8-21(41)25(44)28(47)30(22(42)11-37)53-33-29(48)27(46)26(45)23(12-38)52-33)31(49)35-15(2)20(40)9-18(10-24(34)43)32(50)36-19-6-4-17(5-7-19)13-51-16(3)39/h4-7,14-15,18,22-23,25-30,33,37-38,42,44-48H,8-13H2,1-3H3,(H2,34,43)(H,35,49)(H,36,50)/t14?,15?,18?,22-,23-,25+,26+,27+,28+,29-,30+,33+/m1/s1. The van der Waals surface area contributed by atoms with Gasteiger partial charge in [-0.25, -0.2) is 0 Å². The summed E-state index contributed by atoms with van der Waals surface area (Å²) < 4.78 is 15.3. The van der Waals surface area contributed by atoms with Gasteiger partial charge >= 0.3 is 5.97 Å². The van der Waals surface area contributed by atoms with E-state index in [1.807, 2.05) is 0 Å². The van der Waals surface area contributed by atoms with Gasteiger partial charge in [-0.3, -0.25) is 28.8 Å². The van der Waals surface area contributed by atoms with E-state index in [1.165, 1.54) is 32.9 Å². The highest BCUT2D eigenvalue weighted by Gasteiger charge is 2.47. The summed E-state index contributed by atoms with van der Waals surface area (Å²) in [6, 6.07) is 4.98. The molecule has 0 saturated carbocycles. The number of anilines is 1. The van der Waals surface area contributed by atoms with Crippen molar-refractivity contribution in [2.75, 3.05) is 18.5 Å². The average molecular weight is 760 g/mol. The number of rotatable bonds is 21. The molecule has 0 aromatic heterocycles. The third kappa shape index (κ3) is 13.4. The molecule has 0 bridgehead atoms. The van der Waals surface area contributed by atoms with Gasteiger partial charge in [-0.05, 0) is 24.6 Å². The van der Waals surface area contributed by atoms with Crippen molar-refractivity contribution in [3.63, 3.8) is 0 Å². The largest absolute Gasteiger partial charge is 0.461 e. The van der Waals surface area contributed by atoms with Crippen molar-refractivity contribution in [2.24, 2.45) is 17.6 Å². The molecule has 0 spiro atoms. The third-order valence-corrected chi connectivity index (χ3v) is 8.42. The Kier molecular flexibility index (Phi) is 18.0. The summed E-state index contributed by atoms with van der Waals surface area (Å²) in [5.74, 6) is -7.17. The zero-order chi connectivity index (χ0) is 40.2. The number of nitrogens with two attached hydrogens (primary N) is 1. The van der Waals surface area contributed by atoms with E-state index in [-0.39, 0.29) is 6.61 Å². The van der Waals surface area contributed by atoms with Gasteiger partial charge in [-0.15, -0.1) is 0 Å². The second-order valence-electron chi connectivity index (χ2n) is 12.8. The summed E-state index contributed by atoms with van der Waals surface area (Å²) in [5, 5.41) is 85.5. The first-order chi connectivity index (χ1) is 24.8. The molecule has 1 aliphatic heterocycles. The number of primary amides is 1. The van der Waals surface area contributed by atoms with Gasteiger partial charge in [0.15, 0.2) is 17.9 Å². The zero-order valence-corrected chi connectivity index (χ0v) is 29.3. The Balaban J connectivity index is 2.01. The molecule has 20 heteroatoms. The fraction of sp³-hybridized carbons (Fsp3) is 0.636. The first-order valence-corrected chi connectivity index (χ1v) is 16.6. The fourth-order valence-electron chi connectivity index (χ4n) is 5.19. The zero-order valence-electron chi connectivity index (χ0n) is 29.3. The lowest BCUT2D eigenvalue weighted by Gasteiger charge is -2.42. The highest BCUT2D eigenvalue weighted by atomic mass is 16.7. The number of carbonyl (C=O) groups excluding carboxylic acids is 6. The number of nitrogens with one attached hydrogen (secondary N) is 2. The Morgan fingerprint density at radius 1 is 0.868 bits per heavy atom. The molecule has 3 amide bonds. The second kappa shape index (κ2) is 21.1. The molecule has 1 saturated heterocycles. The van der Waals surface area contributed by atoms with Crippen LogP contribution in [0.1, 0.15) is 45.6 Å². The Hall–Kier alpha value is -3.96. The molecule has 1 heterocycles. The number of hydrogen-bond donors (Lipinski definition) is 11. The Morgan fingerprint density at radius 2 is 1.49 bits per heavy atom. The summed E-state index contributed by atoms with van der Waals surface area (Å²) >= 11 is 0. The maximum absolute atomic E-state index is 13.0. The second-order valence-corrected chi connectivity index (χ2v) is 12.8. The number of ether oxygens (including phenoxy) is 3. The number of ketones is 2. The molecule has 20 nitrogen and oxygen atoms in total. The molecule has 1 fully saturated rings. The highest BCUT2D eigenvalue weighted by Crippen LogP contribution is 2.25. The molecule has 12 N–H and O–H groups in total. The van der Waals surface area contributed by atoms with Crippen LogP contribution in [-0.2, 0) is 49.6 Å². The summed E-state index contributed by atoms with van der Waals surface area (Å²) in [4.78, 5) is 74.5. The van der Waals surface area contributed by atoms with Gasteiger partial charge in [-0.1, -0.05) is 19.1 Å². The van der Waals surface area contributed by atoms with Gasteiger partial charge in [0.25, 0.3) is 0 Å². The Bertz CT molecular complexity index is 1410. The van der Waals surface area contributed by atoms with Crippen LogP contribution in [0.3, 0.4) is 0 Å². The number of benzene rings is 1. The minimum atomic E-state index is -2.35. The van der Waals surface area contributed by atoms with Crippen LogP contribution in [0, 0.1) is 11.8 Å². The summed E-state index contributed by atoms with van der Waals surface area (Å²) in [7, 11) is 0. The van der Waals surface area contributed by atoms with Crippen molar-refractivity contribution in [3.8, 4) is 0 Å². The van der Waals surface area contributed by atoms with Crippen LogP contribution in [0.5, 0.6) is 0 Å². The average Bonchev–Trinajstić information content (AvgIpc) is 3.11. The minimum Gasteiger partial charge on any atom is -0.461 e. The number of aliphatic hydroxyl groups is 8. The van der Waals surface area contributed by atoms with E-state index in [4.69, 9.17) is 19.9 Å².